The summed E-state index contributed by atoms with van der Waals surface area (Å²) in [6.07, 6.45) is -4.42. The molecule has 0 aliphatic heterocycles. The molecule has 0 unspecified atom stereocenters. The number of furan rings is 1. The molecule has 1 N–H and O–H groups in total. The average Bonchev–Trinajstić information content (AvgIpc) is 3.21. The Bertz CT molecular complexity index is 889. The largest absolute Gasteiger partial charge is 0.459 e. The fourth-order valence-corrected chi connectivity index (χ4v) is 3.23. The van der Waals surface area contributed by atoms with E-state index >= 15 is 0 Å². The van der Waals surface area contributed by atoms with Gasteiger partial charge in [-0.25, -0.2) is 4.98 Å². The fourth-order valence-electron chi connectivity index (χ4n) is 2.49. The van der Waals surface area contributed by atoms with Crippen LogP contribution in [-0.2, 0) is 19.3 Å². The lowest BCUT2D eigenvalue weighted by atomic mass is 10.2. The topological polar surface area (TPSA) is 53.7 Å². The Hall–Kier alpha value is -1.82. The summed E-state index contributed by atoms with van der Waals surface area (Å²) in [6.45, 7) is 0.637. The zero-order valence-electron chi connectivity index (χ0n) is 14.6. The molecule has 5 nitrogen and oxygen atoms in total. The lowest BCUT2D eigenvalue weighted by Crippen LogP contribution is -2.37. The third-order valence-corrected chi connectivity index (χ3v) is 4.53. The number of guanidine groups is 1. The van der Waals surface area contributed by atoms with E-state index in [1.165, 1.54) is 0 Å². The Morgan fingerprint density at radius 2 is 2.07 bits per heavy atom. The lowest BCUT2D eigenvalue weighted by Gasteiger charge is -2.20. The van der Waals surface area contributed by atoms with Crippen LogP contribution in [0.2, 0.25) is 0 Å². The van der Waals surface area contributed by atoms with E-state index in [1.807, 2.05) is 42.3 Å². The smallest absolute Gasteiger partial charge is 0.434 e. The highest BCUT2D eigenvalue weighted by Gasteiger charge is 2.33. The highest BCUT2D eigenvalue weighted by molar-refractivity contribution is 14.0. The van der Waals surface area contributed by atoms with Crippen molar-refractivity contribution >= 4 is 52.2 Å². The minimum Gasteiger partial charge on any atom is -0.459 e. The average molecular weight is 510 g/mol. The molecule has 1 aromatic carbocycles. The molecule has 0 atom stereocenters. The minimum absolute atomic E-state index is 0. The Morgan fingerprint density at radius 3 is 2.70 bits per heavy atom. The van der Waals surface area contributed by atoms with Gasteiger partial charge in [0.25, 0.3) is 0 Å². The van der Waals surface area contributed by atoms with Gasteiger partial charge in [-0.1, -0.05) is 18.2 Å². The van der Waals surface area contributed by atoms with Crippen LogP contribution in [0.3, 0.4) is 0 Å². The van der Waals surface area contributed by atoms with Crippen LogP contribution < -0.4 is 5.32 Å². The molecule has 0 bridgehead atoms. The van der Waals surface area contributed by atoms with Gasteiger partial charge in [-0.2, -0.15) is 13.2 Å². The molecule has 0 fully saturated rings. The van der Waals surface area contributed by atoms with Crippen molar-refractivity contribution in [1.82, 2.24) is 15.2 Å². The van der Waals surface area contributed by atoms with Gasteiger partial charge in [0.15, 0.2) is 11.7 Å². The summed E-state index contributed by atoms with van der Waals surface area (Å²) in [5.41, 5.74) is -0.0637. The van der Waals surface area contributed by atoms with Gasteiger partial charge in [0.05, 0.1) is 13.1 Å². The summed E-state index contributed by atoms with van der Waals surface area (Å²) in [4.78, 5) is 9.58. The highest BCUT2D eigenvalue weighted by Crippen LogP contribution is 2.30. The van der Waals surface area contributed by atoms with Crippen LogP contribution in [0.15, 0.2) is 45.1 Å². The molecule has 0 aliphatic rings. The second kappa shape index (κ2) is 8.91. The van der Waals surface area contributed by atoms with Crippen molar-refractivity contribution in [2.75, 3.05) is 14.1 Å². The standard InChI is InChI=1S/C17H17F3N4OS.HI/c1-21-16(22-8-15-23-14(10-26-15)17(18,19)20)24(2)9-12-7-11-5-3-4-6-13(11)25-12;/h3-7,10H,8-9H2,1-2H3,(H,21,22);1H. The van der Waals surface area contributed by atoms with Crippen LogP contribution in [0.4, 0.5) is 13.2 Å². The minimum atomic E-state index is -4.42. The maximum absolute atomic E-state index is 12.6. The molecule has 3 aromatic rings. The number of rotatable bonds is 4. The molecule has 10 heteroatoms. The zero-order chi connectivity index (χ0) is 18.7. The Morgan fingerprint density at radius 1 is 1.33 bits per heavy atom. The summed E-state index contributed by atoms with van der Waals surface area (Å²) in [5.74, 6) is 1.31. The molecule has 0 amide bonds. The Balaban J connectivity index is 0.00000261. The first kappa shape index (κ1) is 21.5. The molecular weight excluding hydrogens is 492 g/mol. The van der Waals surface area contributed by atoms with Gasteiger partial charge in [0.1, 0.15) is 16.4 Å². The first-order valence-electron chi connectivity index (χ1n) is 7.77. The molecule has 0 spiro atoms. The number of benzene rings is 1. The molecule has 146 valence electrons. The Kier molecular flexibility index (Phi) is 7.09. The SMILES string of the molecule is CN=C(NCc1nc(C(F)(F)F)cs1)N(C)Cc1cc2ccccc2o1.I. The van der Waals surface area contributed by atoms with E-state index in [-0.39, 0.29) is 30.5 Å². The van der Waals surface area contributed by atoms with Gasteiger partial charge in [-0.3, -0.25) is 4.99 Å². The predicted molar refractivity (Wildman–Crippen MR) is 110 cm³/mol. The number of halogens is 4. The van der Waals surface area contributed by atoms with Crippen LogP contribution in [0.25, 0.3) is 11.0 Å². The van der Waals surface area contributed by atoms with Crippen LogP contribution >= 0.6 is 35.3 Å². The molecule has 0 radical (unpaired) electrons. The van der Waals surface area contributed by atoms with E-state index in [0.717, 1.165) is 33.4 Å². The molecule has 0 saturated heterocycles. The molecule has 27 heavy (non-hydrogen) atoms. The van der Waals surface area contributed by atoms with Gasteiger partial charge < -0.3 is 14.6 Å². The number of thiazole rings is 1. The van der Waals surface area contributed by atoms with Gasteiger partial charge in [-0.15, -0.1) is 35.3 Å². The quantitative estimate of drug-likeness (QED) is 0.313. The summed E-state index contributed by atoms with van der Waals surface area (Å²) in [7, 11) is 3.44. The Labute approximate surface area is 175 Å². The maximum Gasteiger partial charge on any atom is 0.434 e. The number of para-hydroxylation sites is 1. The number of fused-ring (bicyclic) bond motifs is 1. The number of alkyl halides is 3. The summed E-state index contributed by atoms with van der Waals surface area (Å²) in [5, 5.41) is 5.39. The molecule has 3 rings (SSSR count). The number of nitrogens with one attached hydrogen (secondary N) is 1. The van der Waals surface area contributed by atoms with Crippen LogP contribution in [0.1, 0.15) is 16.5 Å². The van der Waals surface area contributed by atoms with Crippen LogP contribution in [0, 0.1) is 0 Å². The summed E-state index contributed by atoms with van der Waals surface area (Å²) >= 11 is 0.962. The molecular formula is C17H18F3IN4OS. The van der Waals surface area contributed by atoms with Crippen molar-refractivity contribution in [2.45, 2.75) is 19.3 Å². The first-order chi connectivity index (χ1) is 12.4. The van der Waals surface area contributed by atoms with Crippen LogP contribution in [-0.4, -0.2) is 29.9 Å². The monoisotopic (exact) mass is 510 g/mol. The van der Waals surface area contributed by atoms with Crippen molar-refractivity contribution in [3.05, 3.63) is 52.2 Å². The van der Waals surface area contributed by atoms with Gasteiger partial charge in [-0.05, 0) is 12.1 Å². The molecule has 2 aromatic heterocycles. The number of aliphatic imine (C=N–C) groups is 1. The van der Waals surface area contributed by atoms with E-state index in [0.29, 0.717) is 17.5 Å². The number of nitrogens with zero attached hydrogens (tertiary/aromatic N) is 3. The number of hydrogen-bond acceptors (Lipinski definition) is 4. The van der Waals surface area contributed by atoms with E-state index < -0.39 is 11.9 Å². The second-order valence-electron chi connectivity index (χ2n) is 5.63. The van der Waals surface area contributed by atoms with E-state index in [4.69, 9.17) is 4.42 Å². The normalized spacial score (nSPS) is 12.1. The third kappa shape index (κ3) is 5.34. The van der Waals surface area contributed by atoms with Crippen molar-refractivity contribution in [1.29, 1.82) is 0 Å². The van der Waals surface area contributed by atoms with Crippen LogP contribution in [0.5, 0.6) is 0 Å². The summed E-state index contributed by atoms with van der Waals surface area (Å²) in [6, 6.07) is 9.66. The summed E-state index contributed by atoms with van der Waals surface area (Å²) < 4.78 is 43.6. The van der Waals surface area contributed by atoms with Crippen molar-refractivity contribution in [2.24, 2.45) is 4.99 Å². The van der Waals surface area contributed by atoms with Crippen molar-refractivity contribution in [3.63, 3.8) is 0 Å². The fraction of sp³-hybridized carbons (Fsp3) is 0.294. The second-order valence-corrected chi connectivity index (χ2v) is 6.57. The van der Waals surface area contributed by atoms with E-state index in [2.05, 4.69) is 15.3 Å². The van der Waals surface area contributed by atoms with Gasteiger partial charge in [0.2, 0.25) is 0 Å². The molecule has 2 heterocycles. The third-order valence-electron chi connectivity index (χ3n) is 3.68. The van der Waals surface area contributed by atoms with Crippen molar-refractivity contribution in [3.8, 4) is 0 Å². The molecule has 0 aliphatic carbocycles. The van der Waals surface area contributed by atoms with Crippen molar-refractivity contribution < 1.29 is 17.6 Å². The maximum atomic E-state index is 12.6. The highest BCUT2D eigenvalue weighted by atomic mass is 127. The van der Waals surface area contributed by atoms with Gasteiger partial charge in [0, 0.05) is 24.9 Å². The molecule has 0 saturated carbocycles. The first-order valence-corrected chi connectivity index (χ1v) is 8.65. The number of hydrogen-bond donors (Lipinski definition) is 1. The van der Waals surface area contributed by atoms with E-state index in [9.17, 15) is 13.2 Å². The predicted octanol–water partition coefficient (Wildman–Crippen LogP) is 4.73. The zero-order valence-corrected chi connectivity index (χ0v) is 17.7. The van der Waals surface area contributed by atoms with E-state index in [1.54, 1.807) is 7.05 Å². The number of aromatic nitrogens is 1. The van der Waals surface area contributed by atoms with Gasteiger partial charge >= 0.3 is 6.18 Å². The lowest BCUT2D eigenvalue weighted by molar-refractivity contribution is -0.140.